The van der Waals surface area contributed by atoms with Gasteiger partial charge in [0.25, 0.3) is 0 Å². The van der Waals surface area contributed by atoms with E-state index in [1.165, 1.54) is 11.1 Å². The predicted octanol–water partition coefficient (Wildman–Crippen LogP) is 14.5. The molecule has 3 heterocycles. The van der Waals surface area contributed by atoms with Gasteiger partial charge in [0.1, 0.15) is 11.5 Å². The Labute approximate surface area is 398 Å². The van der Waals surface area contributed by atoms with Gasteiger partial charge in [-0.1, -0.05) is 169 Å². The monoisotopic (exact) mass is 1020 g/mol. The molecule has 5 heteroatoms. The Bertz CT molecular complexity index is 3610. The van der Waals surface area contributed by atoms with Crippen LogP contribution in [0, 0.1) is 12.1 Å². The van der Waals surface area contributed by atoms with Crippen LogP contribution in [0.25, 0.3) is 72.3 Å². The van der Waals surface area contributed by atoms with Crippen molar-refractivity contribution in [1.29, 1.82) is 0 Å². The van der Waals surface area contributed by atoms with Gasteiger partial charge in [-0.25, -0.2) is 9.55 Å². The first kappa shape index (κ1) is 40.8. The van der Waals surface area contributed by atoms with Crippen LogP contribution in [0.15, 0.2) is 249 Å². The Morgan fingerprint density at radius 3 is 1.68 bits per heavy atom. The molecule has 0 fully saturated rings. The summed E-state index contributed by atoms with van der Waals surface area (Å²) in [5.74, 6) is 0.828. The molecule has 0 bridgehead atoms. The minimum atomic E-state index is -0.823. The van der Waals surface area contributed by atoms with Crippen LogP contribution in [0.1, 0.15) is 22.3 Å². The van der Waals surface area contributed by atoms with E-state index in [-0.39, 0.29) is 21.1 Å². The van der Waals surface area contributed by atoms with Crippen LogP contribution in [-0.4, -0.2) is 18.7 Å². The maximum atomic E-state index is 5.10. The van der Waals surface area contributed by atoms with Crippen molar-refractivity contribution < 1.29 is 21.1 Å². The Morgan fingerprint density at radius 1 is 0.424 bits per heavy atom. The minimum absolute atomic E-state index is 0. The fourth-order valence-electron chi connectivity index (χ4n) is 9.89. The standard InChI is InChI=1S/C61H41N4.Pt/c1-5-20-44(21-6-1)52-30-13-14-31-53(52)45-38-39-62-60(40-45)65-56-33-16-15-32-54(56)55-37-36-49(42-59(55)65)61(46-22-7-2-8-23-46,47-24-9-3-10-25-47)48-26-19-29-51(41-48)64-43-63(50-27-11-4-12-28-50)57-34-17-18-35-58(57)64;/h1-40,43H;/q-1;. The summed E-state index contributed by atoms with van der Waals surface area (Å²) < 4.78 is 6.80. The van der Waals surface area contributed by atoms with Gasteiger partial charge in [0.2, 0.25) is 0 Å². The zero-order valence-corrected chi connectivity index (χ0v) is 38.0. The second-order valence-corrected chi connectivity index (χ2v) is 16.4. The van der Waals surface area contributed by atoms with Crippen LogP contribution in [0.4, 0.5) is 0 Å². The molecule has 0 aliphatic heterocycles. The van der Waals surface area contributed by atoms with Crippen LogP contribution in [0.2, 0.25) is 0 Å². The maximum absolute atomic E-state index is 5.10. The van der Waals surface area contributed by atoms with Crippen molar-refractivity contribution in [3.05, 3.63) is 283 Å². The summed E-state index contributed by atoms with van der Waals surface area (Å²) in [5.41, 5.74) is 14.3. The maximum Gasteiger partial charge on any atom is 0.168 e. The normalized spacial score (nSPS) is 11.5. The number of pyridine rings is 1. The molecule has 0 saturated heterocycles. The van der Waals surface area contributed by atoms with E-state index in [1.807, 2.05) is 6.20 Å². The number of fused-ring (bicyclic) bond motifs is 4. The molecule has 12 rings (SSSR count). The molecule has 0 saturated carbocycles. The Morgan fingerprint density at radius 2 is 0.985 bits per heavy atom. The minimum Gasteiger partial charge on any atom is -0.319 e. The van der Waals surface area contributed by atoms with Crippen molar-refractivity contribution in [1.82, 2.24) is 18.7 Å². The van der Waals surface area contributed by atoms with Crippen molar-refractivity contribution in [2.45, 2.75) is 5.41 Å². The molecular formula is C61H41N4Pt-. The first-order valence-corrected chi connectivity index (χ1v) is 22.0. The smallest absolute Gasteiger partial charge is 0.168 e. The fourth-order valence-corrected chi connectivity index (χ4v) is 9.89. The summed E-state index contributed by atoms with van der Waals surface area (Å²) in [6, 6.07) is 92.2. The number of hydrogen-bond acceptors (Lipinski definition) is 1. The molecule has 4 nitrogen and oxygen atoms in total. The quantitative estimate of drug-likeness (QED) is 0.105. The number of nitrogens with zero attached hydrogens (tertiary/aromatic N) is 4. The second-order valence-electron chi connectivity index (χ2n) is 16.4. The van der Waals surface area contributed by atoms with Crippen LogP contribution >= 0.6 is 0 Å². The zero-order chi connectivity index (χ0) is 43.2. The van der Waals surface area contributed by atoms with Gasteiger partial charge in [-0.3, -0.25) is 0 Å². The van der Waals surface area contributed by atoms with Gasteiger partial charge in [0.15, 0.2) is 17.4 Å². The summed E-state index contributed by atoms with van der Waals surface area (Å²) in [7, 11) is 0. The number of hydrogen-bond donors (Lipinski definition) is 0. The van der Waals surface area contributed by atoms with E-state index in [1.54, 1.807) is 0 Å². The van der Waals surface area contributed by atoms with Gasteiger partial charge < -0.3 is 4.57 Å². The van der Waals surface area contributed by atoms with Crippen LogP contribution in [0.3, 0.4) is 0 Å². The van der Waals surface area contributed by atoms with Crippen LogP contribution in [0.5, 0.6) is 0 Å². The summed E-state index contributed by atoms with van der Waals surface area (Å²) in [6.45, 7) is 0. The zero-order valence-electron chi connectivity index (χ0n) is 35.8. The van der Waals surface area contributed by atoms with Crippen molar-refractivity contribution >= 4 is 32.8 Å². The second kappa shape index (κ2) is 17.2. The number of benzene rings is 9. The van der Waals surface area contributed by atoms with Crippen molar-refractivity contribution in [3.63, 3.8) is 0 Å². The molecule has 0 aliphatic carbocycles. The molecule has 0 N–H and O–H groups in total. The molecule has 0 amide bonds. The molecule has 0 unspecified atom stereocenters. The van der Waals surface area contributed by atoms with E-state index in [0.717, 1.165) is 83.4 Å². The third kappa shape index (κ3) is 6.81. The van der Waals surface area contributed by atoms with E-state index < -0.39 is 5.41 Å². The summed E-state index contributed by atoms with van der Waals surface area (Å²) in [6.07, 6.45) is 4.11. The molecular weight excluding hydrogens is 984 g/mol. The van der Waals surface area contributed by atoms with Crippen molar-refractivity contribution in [3.8, 4) is 39.4 Å². The molecule has 0 aliphatic rings. The molecule has 316 valence electrons. The molecule has 0 spiro atoms. The molecule has 0 atom stereocenters. The third-order valence-electron chi connectivity index (χ3n) is 12.8. The predicted molar refractivity (Wildman–Crippen MR) is 266 cm³/mol. The Balaban J connectivity index is 0.00000481. The van der Waals surface area contributed by atoms with E-state index in [0.29, 0.717) is 0 Å². The van der Waals surface area contributed by atoms with Gasteiger partial charge in [0, 0.05) is 56.0 Å². The first-order valence-electron chi connectivity index (χ1n) is 22.0. The van der Waals surface area contributed by atoms with Gasteiger partial charge in [-0.2, -0.15) is 34.9 Å². The van der Waals surface area contributed by atoms with Gasteiger partial charge in [0.05, 0.1) is 0 Å². The first-order chi connectivity index (χ1) is 32.3. The van der Waals surface area contributed by atoms with E-state index in [2.05, 4.69) is 269 Å². The molecule has 9 aromatic carbocycles. The van der Waals surface area contributed by atoms with Gasteiger partial charge in [-0.15, -0.1) is 28.6 Å². The Kier molecular flexibility index (Phi) is 10.7. The number of para-hydroxylation sites is 4. The van der Waals surface area contributed by atoms with Gasteiger partial charge in [-0.05, 0) is 69.1 Å². The van der Waals surface area contributed by atoms with E-state index in [4.69, 9.17) is 4.98 Å². The average Bonchev–Trinajstić information content (AvgIpc) is 3.94. The van der Waals surface area contributed by atoms with Crippen molar-refractivity contribution in [2.75, 3.05) is 0 Å². The van der Waals surface area contributed by atoms with Crippen LogP contribution < -0.4 is 0 Å². The Hall–Kier alpha value is -7.91. The summed E-state index contributed by atoms with van der Waals surface area (Å²) in [5, 5.41) is 2.25. The summed E-state index contributed by atoms with van der Waals surface area (Å²) in [4.78, 5) is 5.10. The average molecular weight is 1030 g/mol. The number of rotatable bonds is 9. The van der Waals surface area contributed by atoms with Crippen molar-refractivity contribution in [2.24, 2.45) is 0 Å². The van der Waals surface area contributed by atoms with Crippen LogP contribution in [-0.2, 0) is 26.5 Å². The SMILES string of the molecule is [Pt].[c-]1c(-n2[cH+]n(-c3ccccc3)c3ccccc32)cccc1C(c1[c-]c2c(cc1)c1ccccc1n2-c1cc(-c2ccccc2-c2ccccc2)ccn1)(c1ccccc1)c1ccccc1. The summed E-state index contributed by atoms with van der Waals surface area (Å²) >= 11 is 0. The molecule has 0 radical (unpaired) electrons. The fraction of sp³-hybridized carbons (Fsp3) is 0.0164. The third-order valence-corrected chi connectivity index (χ3v) is 12.8. The van der Waals surface area contributed by atoms with Gasteiger partial charge >= 0.3 is 0 Å². The topological polar surface area (TPSA) is 27.7 Å². The van der Waals surface area contributed by atoms with E-state index in [9.17, 15) is 0 Å². The van der Waals surface area contributed by atoms with E-state index >= 15 is 0 Å². The molecule has 3 aromatic heterocycles. The number of imidazole rings is 1. The largest absolute Gasteiger partial charge is 0.319 e. The molecule has 12 aromatic rings. The molecule has 66 heavy (non-hydrogen) atoms. The number of aromatic nitrogens is 4.